The Morgan fingerprint density at radius 2 is 2.19 bits per heavy atom. The zero-order valence-electron chi connectivity index (χ0n) is 12.7. The molecule has 1 unspecified atom stereocenters. The summed E-state index contributed by atoms with van der Waals surface area (Å²) in [5.41, 5.74) is -1.46. The monoisotopic (exact) mass is 296 g/mol. The van der Waals surface area contributed by atoms with Gasteiger partial charge in [0.25, 0.3) is 0 Å². The van der Waals surface area contributed by atoms with Crippen LogP contribution in [0.3, 0.4) is 0 Å². The fraction of sp³-hybridized carbons (Fsp3) is 0.800. The van der Waals surface area contributed by atoms with Gasteiger partial charge in [0.1, 0.15) is 0 Å². The molecule has 21 heavy (non-hydrogen) atoms. The summed E-state index contributed by atoms with van der Waals surface area (Å²) in [6.07, 6.45) is 4.22. The van der Waals surface area contributed by atoms with Gasteiger partial charge in [0, 0.05) is 0 Å². The van der Waals surface area contributed by atoms with Crippen LogP contribution in [-0.4, -0.2) is 34.5 Å². The van der Waals surface area contributed by atoms with E-state index in [0.717, 1.165) is 25.7 Å². The Morgan fingerprint density at radius 3 is 2.81 bits per heavy atom. The molecule has 2 fully saturated rings. The smallest absolute Gasteiger partial charge is 0.304 e. The summed E-state index contributed by atoms with van der Waals surface area (Å²) in [6.45, 7) is 3.49. The first-order chi connectivity index (χ1) is 9.81. The summed E-state index contributed by atoms with van der Waals surface area (Å²) in [5, 5.41) is 15.0. The third-order valence-corrected chi connectivity index (χ3v) is 5.08. The van der Waals surface area contributed by atoms with Gasteiger partial charge >= 0.3 is 5.97 Å². The normalized spacial score (nSPS) is 31.0. The minimum atomic E-state index is -0.979. The van der Waals surface area contributed by atoms with E-state index in [4.69, 9.17) is 5.11 Å². The number of hydrogen-bond donors (Lipinski definition) is 3. The molecule has 1 aliphatic carbocycles. The van der Waals surface area contributed by atoms with E-state index < -0.39 is 16.9 Å². The quantitative estimate of drug-likeness (QED) is 0.710. The summed E-state index contributed by atoms with van der Waals surface area (Å²) in [7, 11) is 0. The van der Waals surface area contributed by atoms with Crippen molar-refractivity contribution in [3.63, 3.8) is 0 Å². The Bertz CT molecular complexity index is 465. The van der Waals surface area contributed by atoms with Gasteiger partial charge in [-0.2, -0.15) is 0 Å². The van der Waals surface area contributed by atoms with Crippen molar-refractivity contribution in [2.75, 3.05) is 0 Å². The minimum absolute atomic E-state index is 0.0198. The molecule has 1 saturated heterocycles. The van der Waals surface area contributed by atoms with Crippen molar-refractivity contribution >= 4 is 17.8 Å². The number of rotatable bonds is 5. The molecule has 118 valence electrons. The average Bonchev–Trinajstić information content (AvgIpc) is 2.73. The van der Waals surface area contributed by atoms with E-state index in [2.05, 4.69) is 10.6 Å². The molecule has 6 heteroatoms. The van der Waals surface area contributed by atoms with E-state index in [9.17, 15) is 14.4 Å². The Kier molecular flexibility index (Phi) is 4.25. The number of hydrogen-bond acceptors (Lipinski definition) is 3. The number of carbonyl (C=O) groups excluding carboxylic acids is 2. The number of carboxylic acid groups (broad SMARTS) is 1. The summed E-state index contributed by atoms with van der Waals surface area (Å²) < 4.78 is 0. The van der Waals surface area contributed by atoms with Crippen LogP contribution in [-0.2, 0) is 14.4 Å². The molecule has 0 aromatic heterocycles. The Hall–Kier alpha value is -1.59. The maximum Gasteiger partial charge on any atom is 0.304 e. The van der Waals surface area contributed by atoms with E-state index >= 15 is 0 Å². The predicted octanol–water partition coefficient (Wildman–Crippen LogP) is 1.19. The highest BCUT2D eigenvalue weighted by Crippen LogP contribution is 2.37. The molecule has 0 aromatic rings. The molecule has 0 bridgehead atoms. The number of carbonyl (C=O) groups is 3. The van der Waals surface area contributed by atoms with Crippen molar-refractivity contribution in [2.24, 2.45) is 5.41 Å². The van der Waals surface area contributed by atoms with Crippen LogP contribution in [0.1, 0.15) is 58.8 Å². The minimum Gasteiger partial charge on any atom is -0.481 e. The maximum atomic E-state index is 12.6. The van der Waals surface area contributed by atoms with Gasteiger partial charge in [-0.25, -0.2) is 0 Å². The van der Waals surface area contributed by atoms with E-state index in [1.807, 2.05) is 6.92 Å². The molecule has 6 nitrogen and oxygen atoms in total. The van der Waals surface area contributed by atoms with Crippen LogP contribution < -0.4 is 10.6 Å². The van der Waals surface area contributed by atoms with Gasteiger partial charge in [-0.15, -0.1) is 0 Å². The number of fused-ring (bicyclic) bond motifs is 1. The molecule has 0 aromatic carbocycles. The van der Waals surface area contributed by atoms with Crippen LogP contribution in [0.25, 0.3) is 0 Å². The fourth-order valence-electron chi connectivity index (χ4n) is 3.46. The van der Waals surface area contributed by atoms with Gasteiger partial charge in [-0.05, 0) is 19.3 Å². The van der Waals surface area contributed by atoms with E-state index in [-0.39, 0.29) is 24.3 Å². The first kappa shape index (κ1) is 15.8. The Morgan fingerprint density at radius 1 is 1.48 bits per heavy atom. The van der Waals surface area contributed by atoms with Crippen LogP contribution in [0.15, 0.2) is 0 Å². The molecule has 1 saturated carbocycles. The third-order valence-electron chi connectivity index (χ3n) is 5.08. The number of nitrogens with one attached hydrogen (secondary N) is 2. The molecule has 3 N–H and O–H groups in total. The maximum absolute atomic E-state index is 12.6. The van der Waals surface area contributed by atoms with E-state index in [1.54, 1.807) is 6.92 Å². The Balaban J connectivity index is 2.16. The van der Waals surface area contributed by atoms with Gasteiger partial charge < -0.3 is 15.7 Å². The third kappa shape index (κ3) is 3.04. The zero-order chi connectivity index (χ0) is 15.7. The molecule has 2 aliphatic rings. The largest absolute Gasteiger partial charge is 0.481 e. The highest BCUT2D eigenvalue weighted by atomic mass is 16.4. The lowest BCUT2D eigenvalue weighted by Gasteiger charge is -2.41. The van der Waals surface area contributed by atoms with Crippen LogP contribution in [0.4, 0.5) is 0 Å². The summed E-state index contributed by atoms with van der Waals surface area (Å²) >= 11 is 0. The molecule has 0 radical (unpaired) electrons. The molecule has 2 amide bonds. The molecule has 1 heterocycles. The fourth-order valence-corrected chi connectivity index (χ4v) is 3.46. The molecule has 0 spiro atoms. The topological polar surface area (TPSA) is 95.5 Å². The van der Waals surface area contributed by atoms with Crippen molar-refractivity contribution in [2.45, 2.75) is 70.4 Å². The lowest BCUT2D eigenvalue weighted by atomic mass is 9.75. The zero-order valence-corrected chi connectivity index (χ0v) is 12.7. The summed E-state index contributed by atoms with van der Waals surface area (Å²) in [4.78, 5) is 35.4. The van der Waals surface area contributed by atoms with Crippen LogP contribution >= 0.6 is 0 Å². The predicted molar refractivity (Wildman–Crippen MR) is 76.5 cm³/mol. The van der Waals surface area contributed by atoms with Crippen molar-refractivity contribution in [1.29, 1.82) is 0 Å². The van der Waals surface area contributed by atoms with Crippen molar-refractivity contribution in [1.82, 2.24) is 10.6 Å². The van der Waals surface area contributed by atoms with Crippen LogP contribution in [0.2, 0.25) is 0 Å². The first-order valence-electron chi connectivity index (χ1n) is 7.65. The highest BCUT2D eigenvalue weighted by Gasteiger charge is 2.50. The molecular weight excluding hydrogens is 272 g/mol. The van der Waals surface area contributed by atoms with Crippen molar-refractivity contribution in [3.8, 4) is 0 Å². The van der Waals surface area contributed by atoms with E-state index in [1.165, 1.54) is 0 Å². The summed E-state index contributed by atoms with van der Waals surface area (Å²) in [5.74, 6) is -1.26. The van der Waals surface area contributed by atoms with Gasteiger partial charge in [-0.3, -0.25) is 14.4 Å². The van der Waals surface area contributed by atoms with Gasteiger partial charge in [0.05, 0.1) is 29.8 Å². The standard InChI is InChI=1S/C15H24N2O4/c1-3-14(2,9-12(19)20)13(21)17-15-7-5-4-6-10(15)16-11(18)8-15/h10H,3-9H2,1-2H3,(H,16,18)(H,17,21)(H,19,20)/t10-,14?,15+/m0/s1. The average molecular weight is 296 g/mol. The number of aliphatic carboxylic acids is 1. The Labute approximate surface area is 124 Å². The SMILES string of the molecule is CCC(C)(CC(=O)O)C(=O)N[C@@]12CCCC[C@@H]1NC(=O)C2. The molecule has 2 rings (SSSR count). The van der Waals surface area contributed by atoms with Crippen LogP contribution in [0, 0.1) is 5.41 Å². The highest BCUT2D eigenvalue weighted by molar-refractivity contribution is 5.89. The second-order valence-corrected chi connectivity index (χ2v) is 6.64. The van der Waals surface area contributed by atoms with Gasteiger partial charge in [-0.1, -0.05) is 26.7 Å². The lowest BCUT2D eigenvalue weighted by molar-refractivity contribution is -0.146. The molecular formula is C15H24N2O4. The molecule has 3 atom stereocenters. The summed E-state index contributed by atoms with van der Waals surface area (Å²) in [6, 6.07) is -0.0198. The lowest BCUT2D eigenvalue weighted by Crippen LogP contribution is -2.60. The molecule has 1 aliphatic heterocycles. The van der Waals surface area contributed by atoms with Crippen molar-refractivity contribution in [3.05, 3.63) is 0 Å². The van der Waals surface area contributed by atoms with Crippen molar-refractivity contribution < 1.29 is 19.5 Å². The van der Waals surface area contributed by atoms with E-state index in [0.29, 0.717) is 12.8 Å². The van der Waals surface area contributed by atoms with Crippen LogP contribution in [0.5, 0.6) is 0 Å². The van der Waals surface area contributed by atoms with Gasteiger partial charge in [0.15, 0.2) is 0 Å². The van der Waals surface area contributed by atoms with Gasteiger partial charge in [0.2, 0.25) is 11.8 Å². The second kappa shape index (κ2) is 5.66. The number of carboxylic acids is 1. The number of amides is 2. The first-order valence-corrected chi connectivity index (χ1v) is 7.65. The second-order valence-electron chi connectivity index (χ2n) is 6.64.